The zero-order chi connectivity index (χ0) is 14.0. The molecule has 2 N–H and O–H groups in total. The molecule has 0 spiro atoms. The van der Waals surface area contributed by atoms with Crippen molar-refractivity contribution in [3.05, 3.63) is 28.2 Å². The Morgan fingerprint density at radius 2 is 2.21 bits per heavy atom. The molecule has 1 aliphatic rings. The molecular weight excluding hydrogens is 302 g/mol. The number of fused-ring (bicyclic) bond motifs is 1. The summed E-state index contributed by atoms with van der Waals surface area (Å²) in [6.07, 6.45) is 4.20. The van der Waals surface area contributed by atoms with E-state index in [4.69, 9.17) is 10.5 Å². The van der Waals surface area contributed by atoms with E-state index >= 15 is 0 Å². The zero-order valence-corrected chi connectivity index (χ0v) is 13.7. The van der Waals surface area contributed by atoms with E-state index in [-0.39, 0.29) is 11.6 Å². The molecule has 3 atom stereocenters. The molecule has 1 aliphatic heterocycles. The Balaban J connectivity index is 2.30. The summed E-state index contributed by atoms with van der Waals surface area (Å²) in [6, 6.07) is 6.25. The minimum absolute atomic E-state index is 0.0841. The van der Waals surface area contributed by atoms with Gasteiger partial charge in [0.2, 0.25) is 0 Å². The van der Waals surface area contributed by atoms with Crippen LogP contribution in [-0.2, 0) is 0 Å². The van der Waals surface area contributed by atoms with Gasteiger partial charge in [-0.15, -0.1) is 0 Å². The number of hydrogen-bond acceptors (Lipinski definition) is 2. The fourth-order valence-electron chi connectivity index (χ4n) is 2.95. The first kappa shape index (κ1) is 14.9. The van der Waals surface area contributed by atoms with Crippen molar-refractivity contribution in [1.29, 1.82) is 0 Å². The van der Waals surface area contributed by atoms with E-state index in [9.17, 15) is 0 Å². The third-order valence-corrected chi connectivity index (χ3v) is 4.85. The van der Waals surface area contributed by atoms with Crippen molar-refractivity contribution in [3.8, 4) is 5.75 Å². The molecule has 0 bridgehead atoms. The van der Waals surface area contributed by atoms with Crippen molar-refractivity contribution in [2.45, 2.75) is 58.1 Å². The van der Waals surface area contributed by atoms with Crippen molar-refractivity contribution in [2.75, 3.05) is 0 Å². The lowest BCUT2D eigenvalue weighted by atomic mass is 9.79. The van der Waals surface area contributed by atoms with Crippen molar-refractivity contribution in [1.82, 2.24) is 0 Å². The average molecular weight is 326 g/mol. The number of nitrogens with two attached hydrogens (primary N) is 1. The van der Waals surface area contributed by atoms with Crippen molar-refractivity contribution in [3.63, 3.8) is 0 Å². The number of halogens is 1. The molecular formula is C16H24BrNO. The maximum atomic E-state index is 6.38. The highest BCUT2D eigenvalue weighted by Crippen LogP contribution is 2.44. The van der Waals surface area contributed by atoms with Crippen LogP contribution in [0.25, 0.3) is 0 Å². The quantitative estimate of drug-likeness (QED) is 0.861. The van der Waals surface area contributed by atoms with E-state index in [1.807, 2.05) is 6.07 Å². The Morgan fingerprint density at radius 1 is 1.47 bits per heavy atom. The molecule has 3 heteroatoms. The minimum Gasteiger partial charge on any atom is -0.487 e. The van der Waals surface area contributed by atoms with Crippen LogP contribution < -0.4 is 10.5 Å². The molecule has 3 unspecified atom stereocenters. The fourth-order valence-corrected chi connectivity index (χ4v) is 3.29. The monoisotopic (exact) mass is 325 g/mol. The van der Waals surface area contributed by atoms with Crippen LogP contribution >= 0.6 is 15.9 Å². The molecule has 0 aromatic heterocycles. The normalized spacial score (nSPS) is 27.5. The summed E-state index contributed by atoms with van der Waals surface area (Å²) in [4.78, 5) is 0. The lowest BCUT2D eigenvalue weighted by Crippen LogP contribution is -2.43. The van der Waals surface area contributed by atoms with E-state index < -0.39 is 0 Å². The number of hydrogen-bond donors (Lipinski definition) is 1. The SMILES string of the molecule is CCC(C)CC1(CC)CC(N)c2ccc(Br)cc2O1. The van der Waals surface area contributed by atoms with Crippen LogP contribution in [0.3, 0.4) is 0 Å². The van der Waals surface area contributed by atoms with Crippen LogP contribution in [0.4, 0.5) is 0 Å². The molecule has 0 amide bonds. The molecule has 2 rings (SSSR count). The standard InChI is InChI=1S/C16H24BrNO/c1-4-11(3)9-16(5-2)10-14(18)13-7-6-12(17)8-15(13)19-16/h6-8,11,14H,4-5,9-10,18H2,1-3H3. The van der Waals surface area contributed by atoms with Crippen LogP contribution in [0.5, 0.6) is 5.75 Å². The minimum atomic E-state index is -0.0946. The second-order valence-electron chi connectivity index (χ2n) is 5.85. The predicted octanol–water partition coefficient (Wildman–Crippen LogP) is 4.82. The average Bonchev–Trinajstić information content (AvgIpc) is 2.38. The predicted molar refractivity (Wildman–Crippen MR) is 83.4 cm³/mol. The molecule has 1 heterocycles. The van der Waals surface area contributed by atoms with Gasteiger partial charge >= 0.3 is 0 Å². The second kappa shape index (κ2) is 5.84. The third kappa shape index (κ3) is 3.14. The zero-order valence-electron chi connectivity index (χ0n) is 12.1. The first-order valence-electron chi connectivity index (χ1n) is 7.23. The van der Waals surface area contributed by atoms with E-state index in [1.54, 1.807) is 0 Å². The molecule has 0 aliphatic carbocycles. The number of ether oxygens (including phenoxy) is 1. The van der Waals surface area contributed by atoms with Gasteiger partial charge in [-0.25, -0.2) is 0 Å². The van der Waals surface area contributed by atoms with Crippen LogP contribution in [0, 0.1) is 5.92 Å². The number of rotatable bonds is 4. The summed E-state index contributed by atoms with van der Waals surface area (Å²) < 4.78 is 7.43. The summed E-state index contributed by atoms with van der Waals surface area (Å²) >= 11 is 3.51. The Labute approximate surface area is 124 Å². The maximum Gasteiger partial charge on any atom is 0.126 e. The van der Waals surface area contributed by atoms with Gasteiger partial charge in [-0.1, -0.05) is 49.2 Å². The van der Waals surface area contributed by atoms with E-state index in [0.717, 1.165) is 35.0 Å². The van der Waals surface area contributed by atoms with Gasteiger partial charge in [0.05, 0.1) is 0 Å². The highest BCUT2D eigenvalue weighted by Gasteiger charge is 2.39. The summed E-state index contributed by atoms with van der Waals surface area (Å²) in [6.45, 7) is 6.74. The van der Waals surface area contributed by atoms with Gasteiger partial charge in [-0.05, 0) is 30.9 Å². The Morgan fingerprint density at radius 3 is 2.84 bits per heavy atom. The second-order valence-corrected chi connectivity index (χ2v) is 6.76. The molecule has 1 aromatic rings. The van der Waals surface area contributed by atoms with Gasteiger partial charge in [0.15, 0.2) is 0 Å². The van der Waals surface area contributed by atoms with Crippen LogP contribution in [0.15, 0.2) is 22.7 Å². The summed E-state index contributed by atoms with van der Waals surface area (Å²) in [7, 11) is 0. The molecule has 0 fully saturated rings. The van der Waals surface area contributed by atoms with Crippen LogP contribution in [0.2, 0.25) is 0 Å². The molecule has 0 radical (unpaired) electrons. The molecule has 0 saturated carbocycles. The van der Waals surface area contributed by atoms with Crippen LogP contribution in [0.1, 0.15) is 58.1 Å². The van der Waals surface area contributed by atoms with Gasteiger partial charge in [-0.2, -0.15) is 0 Å². The van der Waals surface area contributed by atoms with E-state index in [2.05, 4.69) is 48.8 Å². The highest BCUT2D eigenvalue weighted by molar-refractivity contribution is 9.10. The van der Waals surface area contributed by atoms with Gasteiger partial charge in [0.25, 0.3) is 0 Å². The molecule has 19 heavy (non-hydrogen) atoms. The van der Waals surface area contributed by atoms with E-state index in [1.165, 1.54) is 6.42 Å². The molecule has 0 saturated heterocycles. The largest absolute Gasteiger partial charge is 0.487 e. The summed E-state index contributed by atoms with van der Waals surface area (Å²) in [5.41, 5.74) is 7.41. The molecule has 106 valence electrons. The Kier molecular flexibility index (Phi) is 4.57. The summed E-state index contributed by atoms with van der Waals surface area (Å²) in [5, 5.41) is 0. The molecule has 1 aromatic carbocycles. The van der Waals surface area contributed by atoms with E-state index in [0.29, 0.717) is 5.92 Å². The number of benzene rings is 1. The fraction of sp³-hybridized carbons (Fsp3) is 0.625. The highest BCUT2D eigenvalue weighted by atomic mass is 79.9. The maximum absolute atomic E-state index is 6.38. The van der Waals surface area contributed by atoms with Crippen molar-refractivity contribution >= 4 is 15.9 Å². The Bertz CT molecular complexity index is 448. The first-order chi connectivity index (χ1) is 8.99. The van der Waals surface area contributed by atoms with Gasteiger partial charge in [0.1, 0.15) is 11.4 Å². The van der Waals surface area contributed by atoms with Gasteiger partial charge < -0.3 is 10.5 Å². The topological polar surface area (TPSA) is 35.2 Å². The summed E-state index contributed by atoms with van der Waals surface area (Å²) in [5.74, 6) is 1.62. The third-order valence-electron chi connectivity index (χ3n) is 4.36. The lowest BCUT2D eigenvalue weighted by molar-refractivity contribution is 0.0104. The smallest absolute Gasteiger partial charge is 0.126 e. The lowest BCUT2D eigenvalue weighted by Gasteiger charge is -2.42. The van der Waals surface area contributed by atoms with Crippen LogP contribution in [-0.4, -0.2) is 5.60 Å². The Hall–Kier alpha value is -0.540. The van der Waals surface area contributed by atoms with Gasteiger partial charge in [-0.3, -0.25) is 0 Å². The first-order valence-corrected chi connectivity index (χ1v) is 8.03. The van der Waals surface area contributed by atoms with Gasteiger partial charge in [0, 0.05) is 22.5 Å². The van der Waals surface area contributed by atoms with Crippen molar-refractivity contribution < 1.29 is 4.74 Å². The molecule has 2 nitrogen and oxygen atoms in total. The van der Waals surface area contributed by atoms with Crippen molar-refractivity contribution in [2.24, 2.45) is 11.7 Å².